The van der Waals surface area contributed by atoms with Crippen molar-refractivity contribution in [3.8, 4) is 0 Å². The van der Waals surface area contributed by atoms with Crippen LogP contribution in [0.5, 0.6) is 0 Å². The lowest BCUT2D eigenvalue weighted by molar-refractivity contribution is 0.0505. The van der Waals surface area contributed by atoms with E-state index in [0.717, 1.165) is 0 Å². The van der Waals surface area contributed by atoms with Crippen molar-refractivity contribution >= 4 is 12.2 Å². The molecule has 0 spiro atoms. The van der Waals surface area contributed by atoms with Crippen LogP contribution in [0.1, 0.15) is 27.2 Å². The lowest BCUT2D eigenvalue weighted by Gasteiger charge is -2.21. The molecule has 0 radical (unpaired) electrons. The van der Waals surface area contributed by atoms with E-state index in [4.69, 9.17) is 15.6 Å². The molecule has 4 N–H and O–H groups in total. The second-order valence-corrected chi connectivity index (χ2v) is 5.40. The number of amides is 2. The third kappa shape index (κ3) is 4.06. The summed E-state index contributed by atoms with van der Waals surface area (Å²) >= 11 is 0. The van der Waals surface area contributed by atoms with Crippen LogP contribution < -0.4 is 11.1 Å². The summed E-state index contributed by atoms with van der Waals surface area (Å²) < 4.78 is 5.12. The topological polar surface area (TPSA) is 105 Å². The maximum Gasteiger partial charge on any atom is 0.407 e. The molecular formula is C11H21N3O4. The fourth-order valence-electron chi connectivity index (χ4n) is 1.95. The van der Waals surface area contributed by atoms with Crippen molar-refractivity contribution in [2.75, 3.05) is 13.1 Å². The van der Waals surface area contributed by atoms with Crippen LogP contribution in [0.3, 0.4) is 0 Å². The van der Waals surface area contributed by atoms with E-state index in [9.17, 15) is 9.59 Å². The third-order valence-electron chi connectivity index (χ3n) is 2.65. The van der Waals surface area contributed by atoms with Crippen LogP contribution in [0, 0.1) is 0 Å². The maximum absolute atomic E-state index is 11.6. The van der Waals surface area contributed by atoms with Crippen LogP contribution in [-0.4, -0.2) is 53.0 Å². The first-order valence-corrected chi connectivity index (χ1v) is 5.92. The number of alkyl carbamates (subject to hydrolysis) is 1. The molecule has 0 saturated carbocycles. The zero-order valence-electron chi connectivity index (χ0n) is 11.0. The predicted molar refractivity (Wildman–Crippen MR) is 65.3 cm³/mol. The molecule has 18 heavy (non-hydrogen) atoms. The van der Waals surface area contributed by atoms with Crippen molar-refractivity contribution in [3.63, 3.8) is 0 Å². The highest BCUT2D eigenvalue weighted by molar-refractivity contribution is 5.69. The quantitative estimate of drug-likeness (QED) is 0.673. The van der Waals surface area contributed by atoms with E-state index in [1.165, 1.54) is 4.90 Å². The number of rotatable bonds is 2. The lowest BCUT2D eigenvalue weighted by Crippen LogP contribution is -2.41. The highest BCUT2D eigenvalue weighted by Gasteiger charge is 2.35. The summed E-state index contributed by atoms with van der Waals surface area (Å²) in [5, 5.41) is 11.6. The Bertz CT molecular complexity index is 327. The van der Waals surface area contributed by atoms with Crippen molar-refractivity contribution in [1.82, 2.24) is 10.2 Å². The van der Waals surface area contributed by atoms with Gasteiger partial charge in [-0.15, -0.1) is 0 Å². The molecule has 1 aliphatic rings. The normalized spacial score (nSPS) is 23.9. The fraction of sp³-hybridized carbons (Fsp3) is 0.818. The van der Waals surface area contributed by atoms with Gasteiger partial charge in [0.15, 0.2) is 0 Å². The van der Waals surface area contributed by atoms with Gasteiger partial charge in [-0.1, -0.05) is 0 Å². The van der Waals surface area contributed by atoms with Gasteiger partial charge in [-0.05, 0) is 27.2 Å². The number of ether oxygens (including phenoxy) is 1. The van der Waals surface area contributed by atoms with Gasteiger partial charge in [-0.3, -0.25) is 0 Å². The number of carbonyl (C=O) groups excluding carboxylic acids is 1. The summed E-state index contributed by atoms with van der Waals surface area (Å²) in [6.45, 7) is 5.81. The number of hydrogen-bond donors (Lipinski definition) is 3. The number of hydrogen-bond acceptors (Lipinski definition) is 4. The Morgan fingerprint density at radius 3 is 2.50 bits per heavy atom. The second kappa shape index (κ2) is 5.43. The van der Waals surface area contributed by atoms with Crippen LogP contribution in [-0.2, 0) is 4.74 Å². The van der Waals surface area contributed by atoms with Crippen molar-refractivity contribution in [1.29, 1.82) is 0 Å². The molecule has 1 rings (SSSR count). The Kier molecular flexibility index (Phi) is 4.39. The van der Waals surface area contributed by atoms with Crippen LogP contribution in [0.4, 0.5) is 9.59 Å². The van der Waals surface area contributed by atoms with Crippen molar-refractivity contribution < 1.29 is 19.4 Å². The van der Waals surface area contributed by atoms with Crippen LogP contribution in [0.15, 0.2) is 0 Å². The Hall–Kier alpha value is -1.50. The highest BCUT2D eigenvalue weighted by atomic mass is 16.6. The van der Waals surface area contributed by atoms with Gasteiger partial charge in [0.25, 0.3) is 0 Å². The number of carbonyl (C=O) groups is 2. The minimum absolute atomic E-state index is 0.246. The molecule has 2 atom stereocenters. The summed E-state index contributed by atoms with van der Waals surface area (Å²) in [5.74, 6) is 0. The molecule has 1 heterocycles. The zero-order valence-corrected chi connectivity index (χ0v) is 11.0. The molecular weight excluding hydrogens is 238 g/mol. The predicted octanol–water partition coefficient (Wildman–Crippen LogP) is 0.591. The molecule has 1 aliphatic heterocycles. The highest BCUT2D eigenvalue weighted by Crippen LogP contribution is 2.17. The fourth-order valence-corrected chi connectivity index (χ4v) is 1.95. The van der Waals surface area contributed by atoms with Crippen molar-refractivity contribution in [3.05, 3.63) is 0 Å². The van der Waals surface area contributed by atoms with E-state index >= 15 is 0 Å². The summed E-state index contributed by atoms with van der Waals surface area (Å²) in [4.78, 5) is 23.8. The number of carboxylic acid groups (broad SMARTS) is 1. The van der Waals surface area contributed by atoms with Gasteiger partial charge >= 0.3 is 12.2 Å². The van der Waals surface area contributed by atoms with E-state index in [-0.39, 0.29) is 25.2 Å². The SMILES string of the molecule is CC(C)(C)OC(=O)N[C@H]1C[C@@H](CN)N(C(=O)O)C1. The third-order valence-corrected chi connectivity index (χ3v) is 2.65. The van der Waals surface area contributed by atoms with E-state index < -0.39 is 17.8 Å². The second-order valence-electron chi connectivity index (χ2n) is 5.40. The minimum atomic E-state index is -1.01. The van der Waals surface area contributed by atoms with E-state index in [1.807, 2.05) is 0 Å². The molecule has 1 saturated heterocycles. The molecule has 104 valence electrons. The van der Waals surface area contributed by atoms with Gasteiger partial charge in [0, 0.05) is 19.1 Å². The molecule has 0 aromatic carbocycles. The molecule has 1 fully saturated rings. The van der Waals surface area contributed by atoms with E-state index in [1.54, 1.807) is 20.8 Å². The number of nitrogens with two attached hydrogens (primary N) is 1. The smallest absolute Gasteiger partial charge is 0.407 e. The average Bonchev–Trinajstić information content (AvgIpc) is 2.57. The van der Waals surface area contributed by atoms with E-state index in [2.05, 4.69) is 5.32 Å². The summed E-state index contributed by atoms with van der Waals surface area (Å²) in [7, 11) is 0. The van der Waals surface area contributed by atoms with Crippen LogP contribution in [0.25, 0.3) is 0 Å². The summed E-state index contributed by atoms with van der Waals surface area (Å²) in [5.41, 5.74) is 4.94. The number of nitrogens with one attached hydrogen (secondary N) is 1. The lowest BCUT2D eigenvalue weighted by atomic mass is 10.2. The Balaban J connectivity index is 2.50. The average molecular weight is 259 g/mol. The minimum Gasteiger partial charge on any atom is -0.465 e. The standard InChI is InChI=1S/C11H21N3O4/c1-11(2,3)18-9(15)13-7-4-8(5-12)14(6-7)10(16)17/h7-8H,4-6,12H2,1-3H3,(H,13,15)(H,16,17)/t7-,8-/m0/s1. The first-order valence-electron chi connectivity index (χ1n) is 5.92. The first-order chi connectivity index (χ1) is 8.23. The van der Waals surface area contributed by atoms with Gasteiger partial charge in [-0.25, -0.2) is 9.59 Å². The van der Waals surface area contributed by atoms with Crippen LogP contribution in [0.2, 0.25) is 0 Å². The Morgan fingerprint density at radius 2 is 2.11 bits per heavy atom. The molecule has 2 amide bonds. The van der Waals surface area contributed by atoms with Gasteiger partial charge in [0.05, 0.1) is 6.04 Å². The molecule has 0 aromatic rings. The zero-order chi connectivity index (χ0) is 13.9. The molecule has 0 bridgehead atoms. The van der Waals surface area contributed by atoms with Gasteiger partial charge in [0.1, 0.15) is 5.60 Å². The molecule has 0 aromatic heterocycles. The van der Waals surface area contributed by atoms with Crippen molar-refractivity contribution in [2.24, 2.45) is 5.73 Å². The van der Waals surface area contributed by atoms with Gasteiger partial charge in [-0.2, -0.15) is 0 Å². The first kappa shape index (κ1) is 14.6. The largest absolute Gasteiger partial charge is 0.465 e. The van der Waals surface area contributed by atoms with Gasteiger partial charge in [0.2, 0.25) is 0 Å². The number of likely N-dealkylation sites (tertiary alicyclic amines) is 1. The Morgan fingerprint density at radius 1 is 1.50 bits per heavy atom. The molecule has 0 aliphatic carbocycles. The van der Waals surface area contributed by atoms with Gasteiger partial charge < -0.3 is 25.8 Å². The molecule has 0 unspecified atom stereocenters. The summed E-state index contributed by atoms with van der Waals surface area (Å²) in [6, 6.07) is -0.494. The van der Waals surface area contributed by atoms with E-state index in [0.29, 0.717) is 6.42 Å². The molecule has 7 heteroatoms. The Labute approximate surface area is 106 Å². The molecule has 7 nitrogen and oxygen atoms in total. The van der Waals surface area contributed by atoms with Crippen LogP contribution >= 0.6 is 0 Å². The number of nitrogens with zero attached hydrogens (tertiary/aromatic N) is 1. The van der Waals surface area contributed by atoms with Crippen molar-refractivity contribution in [2.45, 2.75) is 44.9 Å². The monoisotopic (exact) mass is 259 g/mol. The summed E-state index contributed by atoms with van der Waals surface area (Å²) in [6.07, 6.45) is -1.03. The maximum atomic E-state index is 11.6.